The number of hydrogen-bond donors (Lipinski definition) is 1. The topological polar surface area (TPSA) is 73.3 Å². The van der Waals surface area contributed by atoms with Crippen molar-refractivity contribution in [1.82, 2.24) is 14.7 Å². The maximum Gasteiger partial charge on any atom is 0.317 e. The van der Waals surface area contributed by atoms with E-state index in [4.69, 9.17) is 9.84 Å². The van der Waals surface area contributed by atoms with Crippen LogP contribution in [0.2, 0.25) is 0 Å². The lowest BCUT2D eigenvalue weighted by Crippen LogP contribution is -2.52. The van der Waals surface area contributed by atoms with Gasteiger partial charge in [-0.15, -0.1) is 0 Å². The quantitative estimate of drug-likeness (QED) is 0.660. The monoisotopic (exact) mass is 287 g/mol. The molecule has 0 bridgehead atoms. The van der Waals surface area contributed by atoms with Gasteiger partial charge in [-0.05, 0) is 21.0 Å². The Hall–Kier alpha value is -1.18. The van der Waals surface area contributed by atoms with E-state index in [1.165, 1.54) is 0 Å². The highest BCUT2D eigenvalue weighted by atomic mass is 16.5. The molecule has 1 fully saturated rings. The van der Waals surface area contributed by atoms with Crippen LogP contribution in [0.25, 0.3) is 0 Å². The Morgan fingerprint density at radius 1 is 1.25 bits per heavy atom. The summed E-state index contributed by atoms with van der Waals surface area (Å²) < 4.78 is 5.23. The van der Waals surface area contributed by atoms with Gasteiger partial charge in [0.05, 0.1) is 25.8 Å². The highest BCUT2D eigenvalue weighted by Crippen LogP contribution is 2.07. The van der Waals surface area contributed by atoms with Crippen LogP contribution in [0, 0.1) is 0 Å². The van der Waals surface area contributed by atoms with E-state index >= 15 is 0 Å². The van der Waals surface area contributed by atoms with Crippen molar-refractivity contribution < 1.29 is 19.4 Å². The molecule has 7 heteroatoms. The van der Waals surface area contributed by atoms with Crippen molar-refractivity contribution in [3.8, 4) is 0 Å². The fourth-order valence-electron chi connectivity index (χ4n) is 2.12. The fourth-order valence-corrected chi connectivity index (χ4v) is 2.12. The number of carbonyl (C=O) groups excluding carboxylic acids is 1. The molecule has 1 saturated heterocycles. The van der Waals surface area contributed by atoms with Crippen LogP contribution in [0.1, 0.15) is 6.92 Å². The average molecular weight is 287 g/mol. The molecule has 1 aliphatic heterocycles. The van der Waals surface area contributed by atoms with Gasteiger partial charge in [-0.25, -0.2) is 0 Å². The zero-order chi connectivity index (χ0) is 15.1. The lowest BCUT2D eigenvalue weighted by atomic mass is 10.2. The predicted octanol–water partition coefficient (Wildman–Crippen LogP) is -0.818. The molecule has 1 unspecified atom stereocenters. The smallest absolute Gasteiger partial charge is 0.317 e. The molecule has 1 rings (SSSR count). The molecule has 0 radical (unpaired) electrons. The number of carboxylic acids is 1. The number of carbonyl (C=O) groups is 2. The lowest BCUT2D eigenvalue weighted by Gasteiger charge is -2.34. The van der Waals surface area contributed by atoms with Gasteiger partial charge in [0, 0.05) is 26.2 Å². The van der Waals surface area contributed by atoms with E-state index in [9.17, 15) is 9.59 Å². The van der Waals surface area contributed by atoms with Crippen LogP contribution in [0.3, 0.4) is 0 Å². The molecule has 7 nitrogen and oxygen atoms in total. The van der Waals surface area contributed by atoms with Crippen LogP contribution in [-0.2, 0) is 14.3 Å². The van der Waals surface area contributed by atoms with Crippen molar-refractivity contribution >= 4 is 11.9 Å². The Morgan fingerprint density at radius 3 is 2.35 bits per heavy atom. The lowest BCUT2D eigenvalue weighted by molar-refractivity contribution is -0.144. The van der Waals surface area contributed by atoms with Crippen molar-refractivity contribution in [2.24, 2.45) is 0 Å². The molecule has 0 aromatic heterocycles. The van der Waals surface area contributed by atoms with Gasteiger partial charge in [-0.2, -0.15) is 0 Å². The summed E-state index contributed by atoms with van der Waals surface area (Å²) in [6.45, 7) is 5.19. The van der Waals surface area contributed by atoms with Crippen molar-refractivity contribution in [1.29, 1.82) is 0 Å². The first kappa shape index (κ1) is 16.9. The van der Waals surface area contributed by atoms with Crippen LogP contribution in [0.15, 0.2) is 0 Å². The van der Waals surface area contributed by atoms with Gasteiger partial charge >= 0.3 is 5.97 Å². The van der Waals surface area contributed by atoms with E-state index in [0.29, 0.717) is 39.4 Å². The SMILES string of the molecule is CC(C(=O)N1CCOCC1)N(CCN(C)C)CC(=O)O. The number of likely N-dealkylation sites (N-methyl/N-ethyl adjacent to an activating group) is 1. The van der Waals surface area contributed by atoms with E-state index in [1.807, 2.05) is 19.0 Å². The fraction of sp³-hybridized carbons (Fsp3) is 0.846. The van der Waals surface area contributed by atoms with Crippen LogP contribution >= 0.6 is 0 Å². The van der Waals surface area contributed by atoms with Crippen molar-refractivity contribution in [3.63, 3.8) is 0 Å². The molecule has 1 atom stereocenters. The van der Waals surface area contributed by atoms with Gasteiger partial charge in [0.15, 0.2) is 0 Å². The molecule has 1 heterocycles. The minimum absolute atomic E-state index is 0.0201. The molecule has 0 aromatic rings. The summed E-state index contributed by atoms with van der Waals surface area (Å²) in [6, 6.07) is -0.427. The third-order valence-corrected chi connectivity index (χ3v) is 3.40. The van der Waals surface area contributed by atoms with Crippen molar-refractivity contribution in [3.05, 3.63) is 0 Å². The maximum absolute atomic E-state index is 12.4. The Balaban J connectivity index is 2.61. The third kappa shape index (κ3) is 5.44. The van der Waals surface area contributed by atoms with E-state index in [-0.39, 0.29) is 12.5 Å². The molecule has 1 amide bonds. The van der Waals surface area contributed by atoms with Gasteiger partial charge in [-0.3, -0.25) is 14.5 Å². The first-order chi connectivity index (χ1) is 9.41. The molecule has 0 spiro atoms. The summed E-state index contributed by atoms with van der Waals surface area (Å²) in [5.41, 5.74) is 0. The molecular weight excluding hydrogens is 262 g/mol. The number of rotatable bonds is 7. The summed E-state index contributed by atoms with van der Waals surface area (Å²) in [5, 5.41) is 8.99. The van der Waals surface area contributed by atoms with E-state index in [0.717, 1.165) is 0 Å². The standard InChI is InChI=1S/C13H25N3O4/c1-11(13(19)15-6-8-20-9-7-15)16(10-12(17)18)5-4-14(2)3/h11H,4-10H2,1-3H3,(H,17,18). The first-order valence-corrected chi connectivity index (χ1v) is 6.89. The Morgan fingerprint density at radius 2 is 1.85 bits per heavy atom. The third-order valence-electron chi connectivity index (χ3n) is 3.40. The summed E-state index contributed by atoms with van der Waals surface area (Å²) in [7, 11) is 3.85. The Bertz CT molecular complexity index is 330. The van der Waals surface area contributed by atoms with Crippen LogP contribution < -0.4 is 0 Å². The molecule has 1 N–H and O–H groups in total. The second-order valence-electron chi connectivity index (χ2n) is 5.28. The molecule has 0 aliphatic carbocycles. The van der Waals surface area contributed by atoms with Crippen LogP contribution in [0.5, 0.6) is 0 Å². The Kier molecular flexibility index (Phi) is 6.90. The predicted molar refractivity (Wildman–Crippen MR) is 74.6 cm³/mol. The largest absolute Gasteiger partial charge is 0.480 e. The van der Waals surface area contributed by atoms with Crippen LogP contribution in [-0.4, -0.2) is 97.8 Å². The molecule has 0 saturated carbocycles. The minimum Gasteiger partial charge on any atom is -0.480 e. The number of amides is 1. The van der Waals surface area contributed by atoms with E-state index in [2.05, 4.69) is 0 Å². The molecule has 0 aromatic carbocycles. The average Bonchev–Trinajstić information content (AvgIpc) is 2.42. The molecule has 20 heavy (non-hydrogen) atoms. The molecule has 1 aliphatic rings. The highest BCUT2D eigenvalue weighted by Gasteiger charge is 2.28. The van der Waals surface area contributed by atoms with Gasteiger partial charge in [-0.1, -0.05) is 0 Å². The maximum atomic E-state index is 12.4. The first-order valence-electron chi connectivity index (χ1n) is 6.89. The molecular formula is C13H25N3O4. The Labute approximate surface area is 120 Å². The normalized spacial score (nSPS) is 17.6. The minimum atomic E-state index is -0.912. The van der Waals surface area contributed by atoms with Gasteiger partial charge < -0.3 is 19.6 Å². The van der Waals surface area contributed by atoms with Gasteiger partial charge in [0.25, 0.3) is 0 Å². The summed E-state index contributed by atoms with van der Waals surface area (Å²) in [6.07, 6.45) is 0. The number of aliphatic carboxylic acids is 1. The number of carboxylic acid groups (broad SMARTS) is 1. The van der Waals surface area contributed by atoms with Crippen LogP contribution in [0.4, 0.5) is 0 Å². The summed E-state index contributed by atoms with van der Waals surface area (Å²) in [5.74, 6) is -0.932. The summed E-state index contributed by atoms with van der Waals surface area (Å²) in [4.78, 5) is 28.8. The van der Waals surface area contributed by atoms with Gasteiger partial charge in [0.2, 0.25) is 5.91 Å². The zero-order valence-corrected chi connectivity index (χ0v) is 12.5. The second-order valence-corrected chi connectivity index (χ2v) is 5.28. The van der Waals surface area contributed by atoms with Gasteiger partial charge in [0.1, 0.15) is 0 Å². The second kappa shape index (κ2) is 8.18. The summed E-state index contributed by atoms with van der Waals surface area (Å²) >= 11 is 0. The molecule has 116 valence electrons. The number of hydrogen-bond acceptors (Lipinski definition) is 5. The van der Waals surface area contributed by atoms with E-state index in [1.54, 1.807) is 16.7 Å². The van der Waals surface area contributed by atoms with E-state index < -0.39 is 12.0 Å². The number of morpholine rings is 1. The number of ether oxygens (including phenoxy) is 1. The van der Waals surface area contributed by atoms with Crippen molar-refractivity contribution in [2.45, 2.75) is 13.0 Å². The number of nitrogens with zero attached hydrogens (tertiary/aromatic N) is 3. The van der Waals surface area contributed by atoms with Crippen molar-refractivity contribution in [2.75, 3.05) is 60.0 Å². The zero-order valence-electron chi connectivity index (χ0n) is 12.5. The highest BCUT2D eigenvalue weighted by molar-refractivity contribution is 5.82.